The van der Waals surface area contributed by atoms with Crippen LogP contribution >= 0.6 is 0 Å². The number of amides is 2. The van der Waals surface area contributed by atoms with E-state index in [1.54, 1.807) is 7.11 Å². The summed E-state index contributed by atoms with van der Waals surface area (Å²) >= 11 is 0. The molecule has 2 N–H and O–H groups in total. The summed E-state index contributed by atoms with van der Waals surface area (Å²) in [4.78, 5) is 11.9. The highest BCUT2D eigenvalue weighted by atomic mass is 16.5. The lowest BCUT2D eigenvalue weighted by molar-refractivity contribution is 0.252. The molecule has 2 rings (SSSR count). The van der Waals surface area contributed by atoms with E-state index >= 15 is 0 Å². The monoisotopic (exact) mass is 298 g/mol. The Morgan fingerprint density at radius 3 is 2.73 bits per heavy atom. The van der Waals surface area contributed by atoms with Crippen molar-refractivity contribution < 1.29 is 9.53 Å². The fourth-order valence-electron chi connectivity index (χ4n) is 2.26. The second-order valence-corrected chi connectivity index (χ2v) is 5.00. The third-order valence-corrected chi connectivity index (χ3v) is 3.47. The largest absolute Gasteiger partial charge is 0.496 e. The van der Waals surface area contributed by atoms with Crippen molar-refractivity contribution in [1.82, 2.24) is 5.32 Å². The summed E-state index contributed by atoms with van der Waals surface area (Å²) in [6.07, 6.45) is 1.68. The van der Waals surface area contributed by atoms with Crippen LogP contribution in [-0.4, -0.2) is 19.7 Å². The van der Waals surface area contributed by atoms with Gasteiger partial charge in [0.25, 0.3) is 0 Å². The van der Waals surface area contributed by atoms with Gasteiger partial charge in [-0.3, -0.25) is 0 Å². The average molecular weight is 298 g/mol. The molecule has 0 aliphatic rings. The summed E-state index contributed by atoms with van der Waals surface area (Å²) in [6.45, 7) is 2.64. The van der Waals surface area contributed by atoms with E-state index in [9.17, 15) is 4.79 Å². The van der Waals surface area contributed by atoms with Crippen LogP contribution in [0.1, 0.15) is 18.1 Å². The Bertz CT molecular complexity index is 626. The van der Waals surface area contributed by atoms with Crippen molar-refractivity contribution in [3.63, 3.8) is 0 Å². The lowest BCUT2D eigenvalue weighted by Crippen LogP contribution is -2.30. The SMILES string of the molecule is CCc1cccc(NC(=O)NCCc2ccccc2OC)c1. The first-order valence-electron chi connectivity index (χ1n) is 7.48. The topological polar surface area (TPSA) is 50.4 Å². The molecule has 4 heteroatoms. The fraction of sp³-hybridized carbons (Fsp3) is 0.278. The van der Waals surface area contributed by atoms with Crippen LogP contribution < -0.4 is 15.4 Å². The van der Waals surface area contributed by atoms with Crippen molar-refractivity contribution in [3.05, 3.63) is 59.7 Å². The van der Waals surface area contributed by atoms with Crippen molar-refractivity contribution >= 4 is 11.7 Å². The Morgan fingerprint density at radius 1 is 1.14 bits per heavy atom. The van der Waals surface area contributed by atoms with Crippen molar-refractivity contribution in [2.75, 3.05) is 19.0 Å². The average Bonchev–Trinajstić information content (AvgIpc) is 2.55. The van der Waals surface area contributed by atoms with E-state index in [4.69, 9.17) is 4.74 Å². The summed E-state index contributed by atoms with van der Waals surface area (Å²) in [5.74, 6) is 0.848. The zero-order valence-electron chi connectivity index (χ0n) is 13.1. The Morgan fingerprint density at radius 2 is 1.95 bits per heavy atom. The Labute approximate surface area is 131 Å². The molecule has 0 bridgehead atoms. The van der Waals surface area contributed by atoms with Crippen LogP contribution in [0.2, 0.25) is 0 Å². The zero-order chi connectivity index (χ0) is 15.8. The Kier molecular flexibility index (Phi) is 5.83. The first kappa shape index (κ1) is 15.9. The lowest BCUT2D eigenvalue weighted by Gasteiger charge is -2.10. The van der Waals surface area contributed by atoms with Gasteiger partial charge in [0.2, 0.25) is 0 Å². The molecule has 0 atom stereocenters. The third kappa shape index (κ3) is 4.52. The normalized spacial score (nSPS) is 10.1. The number of urea groups is 1. The highest BCUT2D eigenvalue weighted by molar-refractivity contribution is 5.89. The number of carbonyl (C=O) groups excluding carboxylic acids is 1. The maximum absolute atomic E-state index is 11.9. The maximum atomic E-state index is 11.9. The van der Waals surface area contributed by atoms with E-state index in [1.807, 2.05) is 48.5 Å². The molecule has 0 heterocycles. The molecule has 2 amide bonds. The van der Waals surface area contributed by atoms with Gasteiger partial charge in [0.1, 0.15) is 5.75 Å². The molecule has 0 spiro atoms. The van der Waals surface area contributed by atoms with Gasteiger partial charge in [-0.15, -0.1) is 0 Å². The summed E-state index contributed by atoms with van der Waals surface area (Å²) in [5.41, 5.74) is 3.10. The standard InChI is InChI=1S/C18H22N2O2/c1-3-14-7-6-9-16(13-14)20-18(21)19-12-11-15-8-4-5-10-17(15)22-2/h4-10,13H,3,11-12H2,1-2H3,(H2,19,20,21). The van der Waals surface area contributed by atoms with Gasteiger partial charge in [-0.05, 0) is 42.2 Å². The molecule has 22 heavy (non-hydrogen) atoms. The molecule has 0 saturated heterocycles. The van der Waals surface area contributed by atoms with Crippen molar-refractivity contribution in [2.24, 2.45) is 0 Å². The number of hydrogen-bond acceptors (Lipinski definition) is 2. The minimum Gasteiger partial charge on any atom is -0.496 e. The van der Waals surface area contributed by atoms with E-state index in [1.165, 1.54) is 5.56 Å². The van der Waals surface area contributed by atoms with E-state index in [2.05, 4.69) is 17.6 Å². The second-order valence-electron chi connectivity index (χ2n) is 5.00. The number of aryl methyl sites for hydroxylation is 1. The molecule has 116 valence electrons. The number of hydrogen-bond donors (Lipinski definition) is 2. The summed E-state index contributed by atoms with van der Waals surface area (Å²) in [6, 6.07) is 15.5. The van der Waals surface area contributed by atoms with Gasteiger partial charge in [-0.2, -0.15) is 0 Å². The van der Waals surface area contributed by atoms with Gasteiger partial charge in [0, 0.05) is 12.2 Å². The second kappa shape index (κ2) is 8.08. The molecule has 0 aromatic heterocycles. The molecule has 0 aliphatic heterocycles. The third-order valence-electron chi connectivity index (χ3n) is 3.47. The minimum atomic E-state index is -0.192. The van der Waals surface area contributed by atoms with Crippen LogP contribution in [0.5, 0.6) is 5.75 Å². The maximum Gasteiger partial charge on any atom is 0.319 e. The molecular formula is C18H22N2O2. The quantitative estimate of drug-likeness (QED) is 0.855. The molecule has 0 radical (unpaired) electrons. The summed E-state index contributed by atoms with van der Waals surface area (Å²) in [5, 5.41) is 5.71. The predicted molar refractivity (Wildman–Crippen MR) is 89.5 cm³/mol. The smallest absolute Gasteiger partial charge is 0.319 e. The number of para-hydroxylation sites is 1. The van der Waals surface area contributed by atoms with Crippen molar-refractivity contribution in [3.8, 4) is 5.75 Å². The van der Waals surface area contributed by atoms with Crippen LogP contribution in [0.15, 0.2) is 48.5 Å². The van der Waals surface area contributed by atoms with E-state index in [-0.39, 0.29) is 6.03 Å². The van der Waals surface area contributed by atoms with Crippen molar-refractivity contribution in [2.45, 2.75) is 19.8 Å². The molecule has 0 unspecified atom stereocenters. The zero-order valence-corrected chi connectivity index (χ0v) is 13.1. The number of nitrogens with one attached hydrogen (secondary N) is 2. The van der Waals surface area contributed by atoms with Crippen LogP contribution in [0, 0.1) is 0 Å². The molecule has 2 aromatic carbocycles. The van der Waals surface area contributed by atoms with Crippen LogP contribution in [0.3, 0.4) is 0 Å². The fourth-order valence-corrected chi connectivity index (χ4v) is 2.26. The van der Waals surface area contributed by atoms with Gasteiger partial charge in [-0.1, -0.05) is 37.3 Å². The number of anilines is 1. The first-order valence-corrected chi connectivity index (χ1v) is 7.48. The lowest BCUT2D eigenvalue weighted by atomic mass is 10.1. The van der Waals surface area contributed by atoms with E-state index in [0.717, 1.165) is 29.8 Å². The number of methoxy groups -OCH3 is 1. The molecule has 2 aromatic rings. The molecule has 0 aliphatic carbocycles. The van der Waals surface area contributed by atoms with Gasteiger partial charge >= 0.3 is 6.03 Å². The van der Waals surface area contributed by atoms with Gasteiger partial charge < -0.3 is 15.4 Å². The number of carbonyl (C=O) groups is 1. The van der Waals surface area contributed by atoms with Gasteiger partial charge in [-0.25, -0.2) is 4.79 Å². The van der Waals surface area contributed by atoms with E-state index < -0.39 is 0 Å². The number of benzene rings is 2. The van der Waals surface area contributed by atoms with Gasteiger partial charge in [0.05, 0.1) is 7.11 Å². The molecule has 4 nitrogen and oxygen atoms in total. The predicted octanol–water partition coefficient (Wildman–Crippen LogP) is 3.62. The Hall–Kier alpha value is -2.49. The van der Waals surface area contributed by atoms with Crippen LogP contribution in [-0.2, 0) is 12.8 Å². The Balaban J connectivity index is 1.82. The van der Waals surface area contributed by atoms with Crippen molar-refractivity contribution in [1.29, 1.82) is 0 Å². The number of rotatable bonds is 6. The first-order chi connectivity index (χ1) is 10.7. The highest BCUT2D eigenvalue weighted by Crippen LogP contribution is 2.17. The van der Waals surface area contributed by atoms with Gasteiger partial charge in [0.15, 0.2) is 0 Å². The summed E-state index contributed by atoms with van der Waals surface area (Å²) in [7, 11) is 1.65. The minimum absolute atomic E-state index is 0.192. The highest BCUT2D eigenvalue weighted by Gasteiger charge is 2.04. The molecule has 0 saturated carbocycles. The van der Waals surface area contributed by atoms with E-state index in [0.29, 0.717) is 6.54 Å². The van der Waals surface area contributed by atoms with Crippen LogP contribution in [0.4, 0.5) is 10.5 Å². The molecular weight excluding hydrogens is 276 g/mol. The molecule has 0 fully saturated rings. The summed E-state index contributed by atoms with van der Waals surface area (Å²) < 4.78 is 5.30. The number of ether oxygens (including phenoxy) is 1. The van der Waals surface area contributed by atoms with Crippen LogP contribution in [0.25, 0.3) is 0 Å².